The minimum absolute atomic E-state index is 0.214. The van der Waals surface area contributed by atoms with Crippen LogP contribution in [0.15, 0.2) is 41.5 Å². The highest BCUT2D eigenvalue weighted by atomic mass is 19.1. The minimum Gasteiger partial charge on any atom is -0.361 e. The quantitative estimate of drug-likeness (QED) is 0.462. The van der Waals surface area contributed by atoms with E-state index in [4.69, 9.17) is 0 Å². The maximum Gasteiger partial charge on any atom is 0.191 e. The average Bonchev–Trinajstić information content (AvgIpc) is 3.16. The molecule has 0 saturated heterocycles. The van der Waals surface area contributed by atoms with Gasteiger partial charge in [-0.15, -0.1) is 0 Å². The monoisotopic (exact) mass is 300 g/mol. The van der Waals surface area contributed by atoms with E-state index in [9.17, 15) is 4.39 Å². The van der Waals surface area contributed by atoms with Crippen LogP contribution in [0.1, 0.15) is 18.4 Å². The zero-order valence-electron chi connectivity index (χ0n) is 12.7. The van der Waals surface area contributed by atoms with Crippen molar-refractivity contribution in [1.29, 1.82) is 0 Å². The molecule has 1 aromatic heterocycles. The molecule has 22 heavy (non-hydrogen) atoms. The molecule has 1 aromatic carbocycles. The number of aliphatic imine (C=N–C) groups is 1. The fourth-order valence-electron chi connectivity index (χ4n) is 2.80. The number of H-pyrrole nitrogens is 1. The molecule has 0 unspecified atom stereocenters. The normalized spacial score (nSPS) is 15.6. The van der Waals surface area contributed by atoms with Crippen LogP contribution in [0.4, 0.5) is 4.39 Å². The molecule has 0 aliphatic heterocycles. The van der Waals surface area contributed by atoms with Gasteiger partial charge in [0.1, 0.15) is 5.82 Å². The van der Waals surface area contributed by atoms with Gasteiger partial charge >= 0.3 is 0 Å². The fourth-order valence-corrected chi connectivity index (χ4v) is 2.80. The first kappa shape index (κ1) is 14.6. The fraction of sp³-hybridized carbons (Fsp3) is 0.353. The van der Waals surface area contributed by atoms with Crippen LogP contribution < -0.4 is 10.6 Å². The van der Waals surface area contributed by atoms with Crippen molar-refractivity contribution in [3.63, 3.8) is 0 Å². The molecule has 2 aromatic rings. The number of nitrogens with one attached hydrogen (secondary N) is 3. The molecule has 116 valence electrons. The average molecular weight is 300 g/mol. The summed E-state index contributed by atoms with van der Waals surface area (Å²) in [5.74, 6) is 0.619. The van der Waals surface area contributed by atoms with Crippen molar-refractivity contribution in [2.24, 2.45) is 4.99 Å². The van der Waals surface area contributed by atoms with Gasteiger partial charge in [-0.05, 0) is 43.0 Å². The van der Waals surface area contributed by atoms with Crippen molar-refractivity contribution in [1.82, 2.24) is 15.6 Å². The molecule has 3 rings (SSSR count). The summed E-state index contributed by atoms with van der Waals surface area (Å²) < 4.78 is 13.2. The lowest BCUT2D eigenvalue weighted by atomic mass is 10.1. The summed E-state index contributed by atoms with van der Waals surface area (Å²) in [7, 11) is 1.78. The minimum atomic E-state index is -0.214. The molecule has 3 N–H and O–H groups in total. The smallest absolute Gasteiger partial charge is 0.191 e. The van der Waals surface area contributed by atoms with Gasteiger partial charge in [-0.2, -0.15) is 0 Å². The number of rotatable bonds is 4. The number of guanidine groups is 1. The summed E-state index contributed by atoms with van der Waals surface area (Å²) >= 11 is 0. The second-order valence-corrected chi connectivity index (χ2v) is 5.54. The summed E-state index contributed by atoms with van der Waals surface area (Å²) in [5, 5.41) is 7.82. The van der Waals surface area contributed by atoms with Gasteiger partial charge in [-0.1, -0.05) is 12.2 Å². The summed E-state index contributed by atoms with van der Waals surface area (Å²) in [4.78, 5) is 7.37. The Hall–Kier alpha value is -2.30. The van der Waals surface area contributed by atoms with Gasteiger partial charge in [-0.3, -0.25) is 4.99 Å². The van der Waals surface area contributed by atoms with Crippen molar-refractivity contribution in [2.75, 3.05) is 13.6 Å². The highest BCUT2D eigenvalue weighted by molar-refractivity contribution is 5.83. The van der Waals surface area contributed by atoms with Crippen LogP contribution in [0, 0.1) is 5.82 Å². The van der Waals surface area contributed by atoms with E-state index in [0.717, 1.165) is 42.7 Å². The molecule has 1 aliphatic carbocycles. The number of hydrogen-bond acceptors (Lipinski definition) is 1. The Morgan fingerprint density at radius 3 is 2.95 bits per heavy atom. The lowest BCUT2D eigenvalue weighted by Crippen LogP contribution is -2.43. The number of aromatic nitrogens is 1. The summed E-state index contributed by atoms with van der Waals surface area (Å²) in [6.45, 7) is 0.782. The first-order valence-corrected chi connectivity index (χ1v) is 7.64. The first-order chi connectivity index (χ1) is 10.8. The molecule has 1 heterocycles. The Morgan fingerprint density at radius 2 is 2.18 bits per heavy atom. The van der Waals surface area contributed by atoms with E-state index < -0.39 is 0 Å². The zero-order valence-corrected chi connectivity index (χ0v) is 12.7. The van der Waals surface area contributed by atoms with E-state index in [1.165, 1.54) is 17.7 Å². The van der Waals surface area contributed by atoms with Crippen LogP contribution in [-0.4, -0.2) is 30.6 Å². The predicted octanol–water partition coefficient (Wildman–Crippen LogP) is 2.73. The Kier molecular flexibility index (Phi) is 4.42. The van der Waals surface area contributed by atoms with Crippen LogP contribution in [-0.2, 0) is 6.42 Å². The molecule has 4 nitrogen and oxygen atoms in total. The maximum atomic E-state index is 13.2. The molecule has 5 heteroatoms. The third-order valence-electron chi connectivity index (χ3n) is 3.99. The Bertz CT molecular complexity index is 694. The lowest BCUT2D eigenvalue weighted by Gasteiger charge is -2.16. The number of nitrogens with zero attached hydrogens (tertiary/aromatic N) is 1. The molecule has 0 radical (unpaired) electrons. The van der Waals surface area contributed by atoms with Crippen LogP contribution in [0.5, 0.6) is 0 Å². The lowest BCUT2D eigenvalue weighted by molar-refractivity contribution is 0.629. The van der Waals surface area contributed by atoms with E-state index in [1.54, 1.807) is 7.05 Å². The van der Waals surface area contributed by atoms with Gasteiger partial charge < -0.3 is 15.6 Å². The molecule has 0 saturated carbocycles. The van der Waals surface area contributed by atoms with Crippen molar-refractivity contribution < 1.29 is 4.39 Å². The van der Waals surface area contributed by atoms with Crippen molar-refractivity contribution >= 4 is 16.9 Å². The summed E-state index contributed by atoms with van der Waals surface area (Å²) in [5.41, 5.74) is 2.02. The van der Waals surface area contributed by atoms with Crippen LogP contribution in [0.2, 0.25) is 0 Å². The van der Waals surface area contributed by atoms with E-state index in [0.29, 0.717) is 6.04 Å². The van der Waals surface area contributed by atoms with Gasteiger partial charge in [-0.25, -0.2) is 4.39 Å². The van der Waals surface area contributed by atoms with Crippen molar-refractivity contribution in [3.05, 3.63) is 47.9 Å². The van der Waals surface area contributed by atoms with Gasteiger partial charge in [0.05, 0.1) is 0 Å². The number of halogens is 1. The molecule has 0 bridgehead atoms. The third-order valence-corrected chi connectivity index (χ3v) is 3.99. The topological polar surface area (TPSA) is 52.2 Å². The highest BCUT2D eigenvalue weighted by Gasteiger charge is 2.11. The van der Waals surface area contributed by atoms with E-state index in [-0.39, 0.29) is 5.82 Å². The predicted molar refractivity (Wildman–Crippen MR) is 88.6 cm³/mol. The van der Waals surface area contributed by atoms with Gasteiger partial charge in [0.15, 0.2) is 5.96 Å². The van der Waals surface area contributed by atoms with Crippen molar-refractivity contribution in [2.45, 2.75) is 25.3 Å². The summed E-state index contributed by atoms with van der Waals surface area (Å²) in [6, 6.07) is 5.30. The van der Waals surface area contributed by atoms with Gasteiger partial charge in [0.2, 0.25) is 0 Å². The number of hydrogen-bond donors (Lipinski definition) is 3. The Labute approximate surface area is 129 Å². The molecule has 0 fully saturated rings. The molecular weight excluding hydrogens is 279 g/mol. The Balaban J connectivity index is 1.55. The van der Waals surface area contributed by atoms with Crippen LogP contribution in [0.25, 0.3) is 10.9 Å². The van der Waals surface area contributed by atoms with E-state index in [1.807, 2.05) is 12.3 Å². The Morgan fingerprint density at radius 1 is 1.36 bits per heavy atom. The highest BCUT2D eigenvalue weighted by Crippen LogP contribution is 2.19. The molecule has 0 spiro atoms. The molecule has 0 amide bonds. The zero-order chi connectivity index (χ0) is 15.4. The van der Waals surface area contributed by atoms with Gasteiger partial charge in [0, 0.05) is 36.7 Å². The standard InChI is InChI=1S/C17H21FN4/c1-19-17(22-14-4-2-3-5-14)20-9-8-12-11-21-16-10-13(18)6-7-15(12)16/h2-3,6-7,10-11,14,21H,4-5,8-9H2,1H3,(H2,19,20,22). The second-order valence-electron chi connectivity index (χ2n) is 5.54. The van der Waals surface area contributed by atoms with Crippen LogP contribution in [0.3, 0.4) is 0 Å². The maximum absolute atomic E-state index is 13.2. The largest absolute Gasteiger partial charge is 0.361 e. The van der Waals surface area contributed by atoms with Gasteiger partial charge in [0.25, 0.3) is 0 Å². The molecule has 1 aliphatic rings. The third kappa shape index (κ3) is 3.30. The summed E-state index contributed by atoms with van der Waals surface area (Å²) in [6.07, 6.45) is 9.29. The number of benzene rings is 1. The number of aromatic amines is 1. The van der Waals surface area contributed by atoms with E-state index >= 15 is 0 Å². The van der Waals surface area contributed by atoms with Crippen LogP contribution >= 0.6 is 0 Å². The van der Waals surface area contributed by atoms with Crippen molar-refractivity contribution in [3.8, 4) is 0 Å². The first-order valence-electron chi connectivity index (χ1n) is 7.64. The SMILES string of the molecule is CN=C(NCCc1c[nH]c2cc(F)ccc12)NC1CC=CC1. The molecule has 0 atom stereocenters. The number of fused-ring (bicyclic) bond motifs is 1. The molecular formula is C17H21FN4. The second kappa shape index (κ2) is 6.64. The van der Waals surface area contributed by atoms with E-state index in [2.05, 4.69) is 32.8 Å².